The van der Waals surface area contributed by atoms with Gasteiger partial charge in [0.05, 0.1) is 6.26 Å². The van der Waals surface area contributed by atoms with E-state index in [0.29, 0.717) is 0 Å². The molecular weight excluding hydrogens is 229 g/mol. The lowest BCUT2D eigenvalue weighted by Gasteiger charge is -2.22. The maximum absolute atomic E-state index is 13.0. The van der Waals surface area contributed by atoms with E-state index in [0.717, 1.165) is 24.0 Å². The summed E-state index contributed by atoms with van der Waals surface area (Å²) in [5, 5.41) is 0. The van der Waals surface area contributed by atoms with E-state index in [4.69, 9.17) is 0 Å². The summed E-state index contributed by atoms with van der Waals surface area (Å²) in [5.41, 5.74) is 1.84. The predicted molar refractivity (Wildman–Crippen MR) is 60.1 cm³/mol. The van der Waals surface area contributed by atoms with E-state index in [9.17, 15) is 12.8 Å². The fourth-order valence-electron chi connectivity index (χ4n) is 2.17. The first-order valence-electron chi connectivity index (χ1n) is 5.11. The standard InChI is InChI=1S/C11H14FNO2S/c1-13(16(2,14)15)11-6-3-8-7-9(12)4-5-10(8)11/h4-5,7,11H,3,6H2,1-2H3. The molecule has 0 amide bonds. The summed E-state index contributed by atoms with van der Waals surface area (Å²) in [6.45, 7) is 0. The van der Waals surface area contributed by atoms with Crippen LogP contribution in [0.5, 0.6) is 0 Å². The molecule has 16 heavy (non-hydrogen) atoms. The van der Waals surface area contributed by atoms with Gasteiger partial charge in [0, 0.05) is 13.1 Å². The van der Waals surface area contributed by atoms with Crippen molar-refractivity contribution in [3.05, 3.63) is 35.1 Å². The second kappa shape index (κ2) is 3.82. The number of fused-ring (bicyclic) bond motifs is 1. The van der Waals surface area contributed by atoms with Gasteiger partial charge < -0.3 is 0 Å². The number of sulfonamides is 1. The summed E-state index contributed by atoms with van der Waals surface area (Å²) in [7, 11) is -1.63. The largest absolute Gasteiger partial charge is 0.212 e. The predicted octanol–water partition coefficient (Wildman–Crippen LogP) is 1.70. The molecule has 0 bridgehead atoms. The number of rotatable bonds is 2. The van der Waals surface area contributed by atoms with Crippen LogP contribution in [0.1, 0.15) is 23.6 Å². The molecule has 0 aromatic heterocycles. The van der Waals surface area contributed by atoms with Crippen molar-refractivity contribution in [1.82, 2.24) is 4.31 Å². The molecule has 0 fully saturated rings. The molecule has 0 aliphatic heterocycles. The molecule has 1 atom stereocenters. The third-order valence-corrected chi connectivity index (χ3v) is 4.41. The van der Waals surface area contributed by atoms with Crippen LogP contribution in [-0.4, -0.2) is 26.0 Å². The monoisotopic (exact) mass is 243 g/mol. The number of halogens is 1. The molecule has 1 aliphatic rings. The maximum atomic E-state index is 13.0. The lowest BCUT2D eigenvalue weighted by Crippen LogP contribution is -2.28. The molecular formula is C11H14FNO2S. The van der Waals surface area contributed by atoms with Crippen molar-refractivity contribution >= 4 is 10.0 Å². The highest BCUT2D eigenvalue weighted by Crippen LogP contribution is 2.36. The molecule has 1 aliphatic carbocycles. The van der Waals surface area contributed by atoms with Gasteiger partial charge in [-0.25, -0.2) is 12.8 Å². The van der Waals surface area contributed by atoms with Gasteiger partial charge in [0.2, 0.25) is 10.0 Å². The van der Waals surface area contributed by atoms with E-state index in [-0.39, 0.29) is 11.9 Å². The molecule has 1 aromatic rings. The van der Waals surface area contributed by atoms with E-state index in [1.807, 2.05) is 0 Å². The number of nitrogens with zero attached hydrogens (tertiary/aromatic N) is 1. The maximum Gasteiger partial charge on any atom is 0.211 e. The third-order valence-electron chi connectivity index (χ3n) is 3.11. The van der Waals surface area contributed by atoms with Crippen molar-refractivity contribution in [3.8, 4) is 0 Å². The van der Waals surface area contributed by atoms with Crippen LogP contribution in [0.15, 0.2) is 18.2 Å². The Morgan fingerprint density at radius 2 is 2.12 bits per heavy atom. The van der Waals surface area contributed by atoms with E-state index < -0.39 is 10.0 Å². The molecule has 0 spiro atoms. The lowest BCUT2D eigenvalue weighted by molar-refractivity contribution is 0.377. The van der Waals surface area contributed by atoms with Crippen LogP contribution in [0.25, 0.3) is 0 Å². The quantitative estimate of drug-likeness (QED) is 0.793. The lowest BCUT2D eigenvalue weighted by atomic mass is 10.1. The van der Waals surface area contributed by atoms with Gasteiger partial charge in [-0.05, 0) is 36.1 Å². The molecule has 0 saturated carbocycles. The molecule has 0 radical (unpaired) electrons. The van der Waals surface area contributed by atoms with E-state index in [2.05, 4.69) is 0 Å². The number of hydrogen-bond donors (Lipinski definition) is 0. The Balaban J connectivity index is 2.38. The molecule has 1 unspecified atom stereocenters. The van der Waals surface area contributed by atoms with Crippen molar-refractivity contribution < 1.29 is 12.8 Å². The Morgan fingerprint density at radius 3 is 2.75 bits per heavy atom. The topological polar surface area (TPSA) is 37.4 Å². The molecule has 2 rings (SSSR count). The average Bonchev–Trinajstić information content (AvgIpc) is 2.57. The zero-order valence-electron chi connectivity index (χ0n) is 9.27. The zero-order valence-corrected chi connectivity index (χ0v) is 10.1. The van der Waals surface area contributed by atoms with Gasteiger partial charge in [-0.2, -0.15) is 4.31 Å². The smallest absolute Gasteiger partial charge is 0.211 e. The number of hydrogen-bond acceptors (Lipinski definition) is 2. The molecule has 3 nitrogen and oxygen atoms in total. The van der Waals surface area contributed by atoms with Crippen LogP contribution in [-0.2, 0) is 16.4 Å². The minimum atomic E-state index is -3.20. The van der Waals surface area contributed by atoms with Gasteiger partial charge in [-0.15, -0.1) is 0 Å². The second-order valence-corrected chi connectivity index (χ2v) is 6.22. The normalized spacial score (nSPS) is 20.1. The van der Waals surface area contributed by atoms with Gasteiger partial charge in [-0.1, -0.05) is 6.07 Å². The van der Waals surface area contributed by atoms with Crippen LogP contribution < -0.4 is 0 Å². The van der Waals surface area contributed by atoms with E-state index in [1.165, 1.54) is 22.7 Å². The summed E-state index contributed by atoms with van der Waals surface area (Å²) in [6.07, 6.45) is 2.65. The Morgan fingerprint density at radius 1 is 1.44 bits per heavy atom. The summed E-state index contributed by atoms with van der Waals surface area (Å²) in [4.78, 5) is 0. The molecule has 0 saturated heterocycles. The second-order valence-electron chi connectivity index (χ2n) is 4.18. The van der Waals surface area contributed by atoms with E-state index >= 15 is 0 Å². The molecule has 88 valence electrons. The van der Waals surface area contributed by atoms with Crippen LogP contribution in [0.3, 0.4) is 0 Å². The fourth-order valence-corrected chi connectivity index (χ4v) is 2.85. The first kappa shape index (κ1) is 11.5. The Kier molecular flexibility index (Phi) is 2.75. The summed E-state index contributed by atoms with van der Waals surface area (Å²) in [6, 6.07) is 4.41. The van der Waals surface area contributed by atoms with Crippen molar-refractivity contribution in [1.29, 1.82) is 0 Å². The summed E-state index contributed by atoms with van der Waals surface area (Å²) >= 11 is 0. The SMILES string of the molecule is CN(C1CCc2cc(F)ccc21)S(C)(=O)=O. The molecule has 1 aromatic carbocycles. The van der Waals surface area contributed by atoms with Crippen molar-refractivity contribution in [2.75, 3.05) is 13.3 Å². The minimum Gasteiger partial charge on any atom is -0.212 e. The van der Waals surface area contributed by atoms with Crippen LogP contribution in [0.4, 0.5) is 4.39 Å². The Hall–Kier alpha value is -0.940. The fraction of sp³-hybridized carbons (Fsp3) is 0.455. The van der Waals surface area contributed by atoms with Gasteiger partial charge in [0.15, 0.2) is 0 Å². The van der Waals surface area contributed by atoms with Crippen LogP contribution >= 0.6 is 0 Å². The average molecular weight is 243 g/mol. The minimum absolute atomic E-state index is 0.148. The van der Waals surface area contributed by atoms with Crippen molar-refractivity contribution in [2.45, 2.75) is 18.9 Å². The molecule has 0 N–H and O–H groups in total. The number of benzene rings is 1. The number of aryl methyl sites for hydroxylation is 1. The van der Waals surface area contributed by atoms with Crippen LogP contribution in [0, 0.1) is 5.82 Å². The van der Waals surface area contributed by atoms with Gasteiger partial charge in [-0.3, -0.25) is 0 Å². The van der Waals surface area contributed by atoms with Crippen molar-refractivity contribution in [3.63, 3.8) is 0 Å². The summed E-state index contributed by atoms with van der Waals surface area (Å²) < 4.78 is 37.2. The first-order chi connectivity index (χ1) is 7.39. The molecule has 5 heteroatoms. The highest BCUT2D eigenvalue weighted by atomic mass is 32.2. The third kappa shape index (κ3) is 1.97. The van der Waals surface area contributed by atoms with Gasteiger partial charge in [0.25, 0.3) is 0 Å². The summed E-state index contributed by atoms with van der Waals surface area (Å²) in [5.74, 6) is -0.263. The van der Waals surface area contributed by atoms with E-state index in [1.54, 1.807) is 13.1 Å². The first-order valence-corrected chi connectivity index (χ1v) is 6.96. The zero-order chi connectivity index (χ0) is 11.9. The highest BCUT2D eigenvalue weighted by Gasteiger charge is 2.30. The van der Waals surface area contributed by atoms with Crippen LogP contribution in [0.2, 0.25) is 0 Å². The highest BCUT2D eigenvalue weighted by molar-refractivity contribution is 7.88. The van der Waals surface area contributed by atoms with Crippen molar-refractivity contribution in [2.24, 2.45) is 0 Å². The van der Waals surface area contributed by atoms with Gasteiger partial charge >= 0.3 is 0 Å². The molecule has 0 heterocycles. The van der Waals surface area contributed by atoms with Gasteiger partial charge in [0.1, 0.15) is 5.82 Å². The Labute approximate surface area is 94.9 Å². The Bertz CT molecular complexity index is 513.